The van der Waals surface area contributed by atoms with Gasteiger partial charge in [-0.15, -0.1) is 0 Å². The fraction of sp³-hybridized carbons (Fsp3) is 0.484. The highest BCUT2D eigenvalue weighted by Crippen LogP contribution is 2.40. The number of aliphatic carboxylic acids is 1. The molecule has 0 saturated heterocycles. The van der Waals surface area contributed by atoms with Crippen LogP contribution in [-0.2, 0) is 86.5 Å². The molecule has 24 nitrogen and oxygen atoms in total. The van der Waals surface area contributed by atoms with Crippen LogP contribution in [0.5, 0.6) is 17.2 Å². The van der Waals surface area contributed by atoms with E-state index in [0.717, 1.165) is 35.8 Å². The van der Waals surface area contributed by atoms with Gasteiger partial charge in [-0.25, -0.2) is 14.4 Å². The minimum Gasteiger partial charge on any atom is -0.491 e. The quantitative estimate of drug-likeness (QED) is 0.0113. The summed E-state index contributed by atoms with van der Waals surface area (Å²) < 4.78 is 55.5. The summed E-state index contributed by atoms with van der Waals surface area (Å²) in [7, 11) is 1.55. The zero-order valence-electron chi connectivity index (χ0n) is 51.5. The molecule has 3 aromatic carbocycles. The predicted octanol–water partition coefficient (Wildman–Crippen LogP) is 6.86. The van der Waals surface area contributed by atoms with Crippen molar-refractivity contribution < 1.29 is 116 Å². The maximum absolute atomic E-state index is 12.1. The molecule has 0 spiro atoms. The normalized spacial score (nSPS) is 11.9. The maximum atomic E-state index is 12.1. The molecule has 0 bridgehead atoms. The SMILES string of the molecule is C=C(C)C(=O)OCCCOC=O.C=C(C)C(=O)OCCOC.C=C(C)C(=O)OCCOC(=O)CCC(=O)OCC(O)COc1ccc(C(C)(c2ccc(OCC(C)O)cc2)c2ccc(OCC(O)COC(=O)CCCC=O)cc2)cc1.CCCCC(=O)O. The van der Waals surface area contributed by atoms with Gasteiger partial charge in [-0.05, 0) is 101 Å². The Labute approximate surface area is 514 Å². The minimum absolute atomic E-state index is 0.0910. The summed E-state index contributed by atoms with van der Waals surface area (Å²) in [6.07, 6.45) is 0.721. The first-order chi connectivity index (χ1) is 41.8. The first kappa shape index (κ1) is 79.5. The lowest BCUT2D eigenvalue weighted by molar-refractivity contribution is -0.154. The molecule has 3 rings (SSSR count). The molecule has 0 heterocycles. The monoisotopic (exact) mass is 1240 g/mol. The summed E-state index contributed by atoms with van der Waals surface area (Å²) in [6.45, 7) is 21.2. The number of aliphatic hydroxyl groups is 3. The molecule has 0 saturated carbocycles. The molecule has 4 unspecified atom stereocenters. The highest BCUT2D eigenvalue weighted by Gasteiger charge is 2.32. The number of carboxylic acids is 1. The van der Waals surface area contributed by atoms with E-state index >= 15 is 0 Å². The van der Waals surface area contributed by atoms with E-state index in [-0.39, 0.29) is 96.7 Å². The van der Waals surface area contributed by atoms with E-state index in [0.29, 0.717) is 67.3 Å². The van der Waals surface area contributed by atoms with Gasteiger partial charge in [0.05, 0.1) is 38.8 Å². The van der Waals surface area contributed by atoms with Crippen LogP contribution >= 0.6 is 0 Å². The smallest absolute Gasteiger partial charge is 0.333 e. The van der Waals surface area contributed by atoms with Gasteiger partial charge in [0.25, 0.3) is 6.47 Å². The van der Waals surface area contributed by atoms with E-state index in [9.17, 15) is 58.5 Å². The van der Waals surface area contributed by atoms with Gasteiger partial charge in [0.1, 0.15) is 88.6 Å². The van der Waals surface area contributed by atoms with Crippen molar-refractivity contribution in [3.05, 3.63) is 126 Å². The Bertz CT molecular complexity index is 2580. The van der Waals surface area contributed by atoms with Crippen LogP contribution in [-0.4, -0.2) is 173 Å². The summed E-state index contributed by atoms with van der Waals surface area (Å²) in [4.78, 5) is 98.3. The summed E-state index contributed by atoms with van der Waals surface area (Å²) in [5.74, 6) is -2.41. The molecule has 4 N–H and O–H groups in total. The van der Waals surface area contributed by atoms with Crippen LogP contribution in [0.4, 0.5) is 0 Å². The molecule has 0 amide bonds. The van der Waals surface area contributed by atoms with Crippen LogP contribution in [0.25, 0.3) is 0 Å². The van der Waals surface area contributed by atoms with Gasteiger partial charge in [-0.3, -0.25) is 24.0 Å². The number of unbranched alkanes of at least 4 members (excludes halogenated alkanes) is 2. The van der Waals surface area contributed by atoms with Crippen molar-refractivity contribution in [3.8, 4) is 17.2 Å². The second-order valence-electron chi connectivity index (χ2n) is 19.5. The van der Waals surface area contributed by atoms with Gasteiger partial charge < -0.3 is 77.3 Å². The van der Waals surface area contributed by atoms with Gasteiger partial charge in [0, 0.05) is 54.9 Å². The van der Waals surface area contributed by atoms with Gasteiger partial charge in [-0.2, -0.15) is 0 Å². The lowest BCUT2D eigenvalue weighted by Gasteiger charge is -2.32. The second kappa shape index (κ2) is 47.7. The molecule has 0 fully saturated rings. The van der Waals surface area contributed by atoms with E-state index in [4.69, 9.17) is 43.0 Å². The van der Waals surface area contributed by atoms with Gasteiger partial charge in [0.2, 0.25) is 0 Å². The van der Waals surface area contributed by atoms with Gasteiger partial charge >= 0.3 is 41.8 Å². The van der Waals surface area contributed by atoms with E-state index in [2.05, 4.69) is 40.9 Å². The van der Waals surface area contributed by atoms with Crippen LogP contribution in [0.15, 0.2) is 109 Å². The number of ether oxygens (including phenoxy) is 11. The Kier molecular flexibility index (Phi) is 43.1. The van der Waals surface area contributed by atoms with Crippen LogP contribution in [0.1, 0.15) is 116 Å². The highest BCUT2D eigenvalue weighted by atomic mass is 16.6. The Morgan fingerprint density at radius 3 is 1.25 bits per heavy atom. The third-order valence-corrected chi connectivity index (χ3v) is 11.4. The van der Waals surface area contributed by atoms with E-state index in [1.54, 1.807) is 52.1 Å². The summed E-state index contributed by atoms with van der Waals surface area (Å²) in [5, 5.41) is 38.4. The molecule has 0 radical (unpaired) electrons. The first-order valence-corrected chi connectivity index (χ1v) is 28.2. The number of methoxy groups -OCH3 is 1. The zero-order chi connectivity index (χ0) is 66.3. The van der Waals surface area contributed by atoms with Gasteiger partial charge in [-0.1, -0.05) is 69.5 Å². The molecule has 0 aliphatic carbocycles. The molecule has 4 atom stereocenters. The Balaban J connectivity index is 0.00000212. The van der Waals surface area contributed by atoms with Crippen molar-refractivity contribution in [2.24, 2.45) is 0 Å². The fourth-order valence-electron chi connectivity index (χ4n) is 6.54. The number of aliphatic hydroxyl groups excluding tert-OH is 3. The molecule has 88 heavy (non-hydrogen) atoms. The summed E-state index contributed by atoms with van der Waals surface area (Å²) in [5.41, 5.74) is 3.00. The van der Waals surface area contributed by atoms with Crippen LogP contribution in [0, 0.1) is 0 Å². The third-order valence-electron chi connectivity index (χ3n) is 11.4. The van der Waals surface area contributed by atoms with Gasteiger partial charge in [0.15, 0.2) is 0 Å². The summed E-state index contributed by atoms with van der Waals surface area (Å²) >= 11 is 0. The molecular formula is C64H88O24. The Morgan fingerprint density at radius 1 is 0.500 bits per heavy atom. The Morgan fingerprint density at radius 2 is 0.886 bits per heavy atom. The number of hydrogen-bond donors (Lipinski definition) is 4. The molecule has 3 aromatic rings. The van der Waals surface area contributed by atoms with Crippen LogP contribution in [0.2, 0.25) is 0 Å². The lowest BCUT2D eigenvalue weighted by Crippen LogP contribution is -2.26. The lowest BCUT2D eigenvalue weighted by atomic mass is 9.71. The average molecular weight is 1240 g/mol. The average Bonchev–Trinajstić information content (AvgIpc) is 0.811. The van der Waals surface area contributed by atoms with Crippen molar-refractivity contribution in [3.63, 3.8) is 0 Å². The number of esters is 6. The van der Waals surface area contributed by atoms with Crippen LogP contribution < -0.4 is 14.2 Å². The largest absolute Gasteiger partial charge is 0.491 e. The molecule has 0 aliphatic heterocycles. The third kappa shape index (κ3) is 37.9. The van der Waals surface area contributed by atoms with Crippen molar-refractivity contribution in [2.45, 2.75) is 123 Å². The fourth-order valence-corrected chi connectivity index (χ4v) is 6.54. The minimum atomic E-state index is -1.15. The number of carbonyl (C=O) groups excluding carboxylic acids is 8. The number of benzene rings is 3. The van der Waals surface area contributed by atoms with Crippen LogP contribution in [0.3, 0.4) is 0 Å². The van der Waals surface area contributed by atoms with Crippen molar-refractivity contribution >= 4 is 54.5 Å². The predicted molar refractivity (Wildman–Crippen MR) is 320 cm³/mol. The standard InChI is InChI=1S/C44H54O15.C8H12O4.C7H12O3.C5H10O2/c1-30(2)43(52)54-24-23-53-41(50)20-21-42(51)59-29-36(48)27-57-39-18-12-34(13-19-39)44(4,32-8-14-37(15-9-32)55-25-31(3)46)33-10-16-38(17-11-33)56-26-35(47)28-58-40(49)7-5-6-22-45;1-7(2)8(10)12-5-3-4-11-6-9;1-6(2)7(8)10-5-4-9-3;1-2-3-4-5(6)7/h8-19,22,31,35-36,46-48H,1,5-7,20-21,23-29H2,2-4H3;6H,1,3-5H2,2H3;1,4-5H2,2-3H3;2-4H2,1H3,(H,6,7). The second-order valence-corrected chi connectivity index (χ2v) is 19.5. The number of aldehydes is 1. The van der Waals surface area contributed by atoms with Crippen molar-refractivity contribution in [1.82, 2.24) is 0 Å². The summed E-state index contributed by atoms with van der Waals surface area (Å²) in [6, 6.07) is 22.2. The molecule has 0 aromatic heterocycles. The zero-order valence-corrected chi connectivity index (χ0v) is 51.5. The highest BCUT2D eigenvalue weighted by molar-refractivity contribution is 5.87. The molecule has 24 heteroatoms. The maximum Gasteiger partial charge on any atom is 0.333 e. The number of hydrogen-bond acceptors (Lipinski definition) is 23. The Hall–Kier alpha value is -8.45. The van der Waals surface area contributed by atoms with Crippen molar-refractivity contribution in [1.29, 1.82) is 0 Å². The topological polar surface area (TPSA) is 336 Å². The number of carbonyl (C=O) groups is 9. The molecule has 0 aliphatic rings. The van der Waals surface area contributed by atoms with E-state index < -0.39 is 59.5 Å². The number of carboxylic acid groups (broad SMARTS) is 1. The number of rotatable bonds is 40. The molecular weight excluding hydrogens is 1150 g/mol. The molecule has 488 valence electrons. The van der Waals surface area contributed by atoms with E-state index in [1.165, 1.54) is 6.92 Å². The first-order valence-electron chi connectivity index (χ1n) is 28.2. The van der Waals surface area contributed by atoms with E-state index in [1.807, 2.05) is 55.5 Å². The van der Waals surface area contributed by atoms with Crippen molar-refractivity contribution in [2.75, 3.05) is 79.8 Å².